The number of benzene rings is 1. The Morgan fingerprint density at radius 1 is 1.22 bits per heavy atom. The highest BCUT2D eigenvalue weighted by Crippen LogP contribution is 2.32. The van der Waals surface area contributed by atoms with E-state index in [9.17, 15) is 0 Å². The molecule has 0 aliphatic rings. The van der Waals surface area contributed by atoms with Crippen molar-refractivity contribution in [1.29, 1.82) is 0 Å². The van der Waals surface area contributed by atoms with Crippen LogP contribution >= 0.6 is 0 Å². The van der Waals surface area contributed by atoms with E-state index >= 15 is 0 Å². The summed E-state index contributed by atoms with van der Waals surface area (Å²) in [6.07, 6.45) is 0. The fourth-order valence-electron chi connectivity index (χ4n) is 1.97. The molecule has 2 N–H and O–H groups in total. The monoisotopic (exact) mass is 252 g/mol. The Hall–Kier alpha value is -1.26. The Morgan fingerprint density at radius 2 is 1.89 bits per heavy atom. The van der Waals surface area contributed by atoms with Crippen molar-refractivity contribution >= 4 is 0 Å². The van der Waals surface area contributed by atoms with Crippen LogP contribution in [-0.2, 0) is 0 Å². The quantitative estimate of drug-likeness (QED) is 0.841. The van der Waals surface area contributed by atoms with Gasteiger partial charge in [-0.2, -0.15) is 0 Å². The predicted molar refractivity (Wildman–Crippen MR) is 74.2 cm³/mol. The Labute approximate surface area is 110 Å². The third-order valence-corrected chi connectivity index (χ3v) is 3.33. The van der Waals surface area contributed by atoms with Crippen LogP contribution in [0.5, 0.6) is 11.5 Å². The normalized spacial score (nSPS) is 12.9. The minimum atomic E-state index is 0.144. The van der Waals surface area contributed by atoms with Gasteiger partial charge in [0.2, 0.25) is 0 Å². The fourth-order valence-corrected chi connectivity index (χ4v) is 1.97. The molecule has 1 atom stereocenters. The molecule has 0 aliphatic carbocycles. The average molecular weight is 252 g/mol. The van der Waals surface area contributed by atoms with Gasteiger partial charge < -0.3 is 15.2 Å². The minimum Gasteiger partial charge on any atom is -0.497 e. The van der Waals surface area contributed by atoms with Crippen LogP contribution < -0.4 is 15.2 Å². The molecule has 1 aromatic carbocycles. The fraction of sp³-hybridized carbons (Fsp3) is 0.571. The standard InChI is InChI=1S/C14H24N2O2/c1-10(2)16(3)13(9-15)12-7-6-11(17-4)8-14(12)18-5/h6-8,10,13H,9,15H2,1-5H3. The summed E-state index contributed by atoms with van der Waals surface area (Å²) in [4.78, 5) is 2.24. The van der Waals surface area contributed by atoms with Crippen LogP contribution in [0.4, 0.5) is 0 Å². The average Bonchev–Trinajstić information content (AvgIpc) is 2.39. The summed E-state index contributed by atoms with van der Waals surface area (Å²) in [6.45, 7) is 4.86. The lowest BCUT2D eigenvalue weighted by Crippen LogP contribution is -2.35. The molecule has 4 heteroatoms. The van der Waals surface area contributed by atoms with Crippen LogP contribution in [0.3, 0.4) is 0 Å². The van der Waals surface area contributed by atoms with Crippen LogP contribution in [0.1, 0.15) is 25.5 Å². The van der Waals surface area contributed by atoms with E-state index in [2.05, 4.69) is 25.8 Å². The van der Waals surface area contributed by atoms with E-state index in [1.54, 1.807) is 14.2 Å². The second kappa shape index (κ2) is 6.61. The summed E-state index contributed by atoms with van der Waals surface area (Å²) >= 11 is 0. The van der Waals surface area contributed by atoms with Crippen molar-refractivity contribution < 1.29 is 9.47 Å². The van der Waals surface area contributed by atoms with Crippen LogP contribution in [-0.4, -0.2) is 38.8 Å². The summed E-state index contributed by atoms with van der Waals surface area (Å²) in [5.41, 5.74) is 7.00. The van der Waals surface area contributed by atoms with Crippen molar-refractivity contribution in [3.63, 3.8) is 0 Å². The Bertz CT molecular complexity index is 380. The van der Waals surface area contributed by atoms with Gasteiger partial charge in [0.05, 0.1) is 20.3 Å². The molecule has 18 heavy (non-hydrogen) atoms. The number of methoxy groups -OCH3 is 2. The second-order valence-electron chi connectivity index (χ2n) is 4.62. The molecule has 0 saturated heterocycles. The highest BCUT2D eigenvalue weighted by molar-refractivity contribution is 5.42. The smallest absolute Gasteiger partial charge is 0.127 e. The van der Waals surface area contributed by atoms with Gasteiger partial charge in [0.15, 0.2) is 0 Å². The number of likely N-dealkylation sites (N-methyl/N-ethyl adjacent to an activating group) is 1. The highest BCUT2D eigenvalue weighted by atomic mass is 16.5. The van der Waals surface area contributed by atoms with E-state index in [4.69, 9.17) is 15.2 Å². The largest absolute Gasteiger partial charge is 0.497 e. The van der Waals surface area contributed by atoms with E-state index in [1.165, 1.54) is 0 Å². The zero-order valence-electron chi connectivity index (χ0n) is 11.9. The summed E-state index contributed by atoms with van der Waals surface area (Å²) < 4.78 is 10.6. The Morgan fingerprint density at radius 3 is 2.33 bits per heavy atom. The number of rotatable bonds is 6. The van der Waals surface area contributed by atoms with Gasteiger partial charge in [-0.15, -0.1) is 0 Å². The number of hydrogen-bond donors (Lipinski definition) is 1. The van der Waals surface area contributed by atoms with E-state index in [1.807, 2.05) is 18.2 Å². The van der Waals surface area contributed by atoms with E-state index in [0.717, 1.165) is 17.1 Å². The maximum atomic E-state index is 5.91. The third-order valence-electron chi connectivity index (χ3n) is 3.33. The molecule has 0 radical (unpaired) electrons. The number of hydrogen-bond acceptors (Lipinski definition) is 4. The third kappa shape index (κ3) is 3.15. The first-order valence-corrected chi connectivity index (χ1v) is 6.19. The molecule has 1 unspecified atom stereocenters. The van der Waals surface area contributed by atoms with Gasteiger partial charge in [-0.05, 0) is 27.0 Å². The summed E-state index contributed by atoms with van der Waals surface area (Å²) in [6, 6.07) is 6.42. The molecule has 0 aromatic heterocycles. The molecule has 4 nitrogen and oxygen atoms in total. The van der Waals surface area contributed by atoms with Crippen molar-refractivity contribution in [1.82, 2.24) is 4.90 Å². The topological polar surface area (TPSA) is 47.7 Å². The van der Waals surface area contributed by atoms with E-state index in [0.29, 0.717) is 12.6 Å². The lowest BCUT2D eigenvalue weighted by Gasteiger charge is -2.31. The SMILES string of the molecule is COc1ccc(C(CN)N(C)C(C)C)c(OC)c1. The van der Waals surface area contributed by atoms with Gasteiger partial charge in [0, 0.05) is 24.2 Å². The van der Waals surface area contributed by atoms with Gasteiger partial charge in [0.1, 0.15) is 11.5 Å². The lowest BCUT2D eigenvalue weighted by molar-refractivity contribution is 0.197. The van der Waals surface area contributed by atoms with Crippen molar-refractivity contribution in [3.05, 3.63) is 23.8 Å². The zero-order chi connectivity index (χ0) is 13.7. The number of nitrogens with zero attached hydrogens (tertiary/aromatic N) is 1. The summed E-state index contributed by atoms with van der Waals surface area (Å²) in [7, 11) is 5.39. The van der Waals surface area contributed by atoms with Crippen molar-refractivity contribution in [2.45, 2.75) is 25.9 Å². The number of ether oxygens (including phenoxy) is 2. The van der Waals surface area contributed by atoms with Crippen molar-refractivity contribution in [3.8, 4) is 11.5 Å². The summed E-state index contributed by atoms with van der Waals surface area (Å²) in [5, 5.41) is 0. The molecular weight excluding hydrogens is 228 g/mol. The molecule has 0 fully saturated rings. The molecule has 0 saturated carbocycles. The Kier molecular flexibility index (Phi) is 5.44. The zero-order valence-corrected chi connectivity index (χ0v) is 11.9. The van der Waals surface area contributed by atoms with Gasteiger partial charge >= 0.3 is 0 Å². The minimum absolute atomic E-state index is 0.144. The molecule has 0 amide bonds. The van der Waals surface area contributed by atoms with Crippen LogP contribution in [0.25, 0.3) is 0 Å². The maximum Gasteiger partial charge on any atom is 0.127 e. The first kappa shape index (κ1) is 14.8. The lowest BCUT2D eigenvalue weighted by atomic mass is 10.0. The van der Waals surface area contributed by atoms with Gasteiger partial charge in [0.25, 0.3) is 0 Å². The first-order valence-electron chi connectivity index (χ1n) is 6.19. The molecule has 0 heterocycles. The van der Waals surface area contributed by atoms with Gasteiger partial charge in [-0.3, -0.25) is 4.90 Å². The molecule has 0 aliphatic heterocycles. The van der Waals surface area contributed by atoms with Gasteiger partial charge in [-0.1, -0.05) is 6.07 Å². The second-order valence-corrected chi connectivity index (χ2v) is 4.62. The van der Waals surface area contributed by atoms with E-state index in [-0.39, 0.29) is 6.04 Å². The van der Waals surface area contributed by atoms with Gasteiger partial charge in [-0.25, -0.2) is 0 Å². The molecule has 1 rings (SSSR count). The van der Waals surface area contributed by atoms with Crippen molar-refractivity contribution in [2.24, 2.45) is 5.73 Å². The number of nitrogens with two attached hydrogens (primary N) is 1. The van der Waals surface area contributed by atoms with Crippen molar-refractivity contribution in [2.75, 3.05) is 27.8 Å². The van der Waals surface area contributed by atoms with Crippen LogP contribution in [0, 0.1) is 0 Å². The highest BCUT2D eigenvalue weighted by Gasteiger charge is 2.21. The Balaban J connectivity index is 3.12. The van der Waals surface area contributed by atoms with E-state index < -0.39 is 0 Å². The predicted octanol–water partition coefficient (Wildman–Crippen LogP) is 2.04. The molecule has 0 bridgehead atoms. The molecule has 1 aromatic rings. The first-order chi connectivity index (χ1) is 8.54. The molecule has 0 spiro atoms. The van der Waals surface area contributed by atoms with Crippen LogP contribution in [0.2, 0.25) is 0 Å². The molecular formula is C14H24N2O2. The molecule has 102 valence electrons. The summed E-state index contributed by atoms with van der Waals surface area (Å²) in [5.74, 6) is 1.61. The maximum absolute atomic E-state index is 5.91. The van der Waals surface area contributed by atoms with Crippen LogP contribution in [0.15, 0.2) is 18.2 Å².